The molecule has 0 heterocycles. The van der Waals surface area contributed by atoms with Crippen molar-refractivity contribution in [2.24, 2.45) is 17.6 Å². The Morgan fingerprint density at radius 2 is 1.88 bits per heavy atom. The van der Waals surface area contributed by atoms with Crippen molar-refractivity contribution in [3.63, 3.8) is 0 Å². The molecule has 0 aromatic carbocycles. The molecule has 0 aromatic rings. The van der Waals surface area contributed by atoms with E-state index in [4.69, 9.17) is 5.73 Å². The molecule has 0 aromatic heterocycles. The Morgan fingerprint density at radius 1 is 1.19 bits per heavy atom. The van der Waals surface area contributed by atoms with Gasteiger partial charge in [-0.2, -0.15) is 0 Å². The molecule has 2 saturated carbocycles. The summed E-state index contributed by atoms with van der Waals surface area (Å²) in [4.78, 5) is 12.0. The first-order valence-corrected chi connectivity index (χ1v) is 6.72. The molecule has 3 heteroatoms. The minimum absolute atomic E-state index is 0.173. The zero-order chi connectivity index (χ0) is 11.5. The second-order valence-corrected chi connectivity index (χ2v) is 5.64. The number of amides is 1. The number of nitrogens with one attached hydrogen (secondary N) is 1. The highest BCUT2D eigenvalue weighted by Gasteiger charge is 2.30. The predicted molar refractivity (Wildman–Crippen MR) is 64.9 cm³/mol. The van der Waals surface area contributed by atoms with E-state index < -0.39 is 0 Å². The van der Waals surface area contributed by atoms with E-state index in [9.17, 15) is 4.79 Å². The van der Waals surface area contributed by atoms with Gasteiger partial charge in [0.15, 0.2) is 0 Å². The molecule has 1 amide bonds. The van der Waals surface area contributed by atoms with Crippen molar-refractivity contribution in [3.8, 4) is 0 Å². The van der Waals surface area contributed by atoms with Crippen molar-refractivity contribution >= 4 is 5.91 Å². The Morgan fingerprint density at radius 3 is 2.50 bits per heavy atom. The third-order valence-corrected chi connectivity index (χ3v) is 4.33. The van der Waals surface area contributed by atoms with Crippen molar-refractivity contribution in [3.05, 3.63) is 0 Å². The van der Waals surface area contributed by atoms with E-state index in [0.29, 0.717) is 12.0 Å². The van der Waals surface area contributed by atoms with Crippen molar-refractivity contribution in [2.45, 2.75) is 64.0 Å². The van der Waals surface area contributed by atoms with Crippen LogP contribution in [0.2, 0.25) is 0 Å². The van der Waals surface area contributed by atoms with E-state index >= 15 is 0 Å². The fraction of sp³-hybridized carbons (Fsp3) is 0.923. The van der Waals surface area contributed by atoms with E-state index in [1.54, 1.807) is 0 Å². The minimum atomic E-state index is 0.173. The molecule has 2 aliphatic carbocycles. The second kappa shape index (κ2) is 5.17. The van der Waals surface area contributed by atoms with Crippen LogP contribution < -0.4 is 11.1 Å². The number of carbonyl (C=O) groups excluding carboxylic acids is 1. The normalized spacial score (nSPS) is 36.2. The number of carbonyl (C=O) groups is 1. The van der Waals surface area contributed by atoms with Gasteiger partial charge < -0.3 is 11.1 Å². The summed E-state index contributed by atoms with van der Waals surface area (Å²) in [6.07, 6.45) is 7.87. The first kappa shape index (κ1) is 11.9. The Labute approximate surface area is 98.2 Å². The monoisotopic (exact) mass is 224 g/mol. The highest BCUT2D eigenvalue weighted by Crippen LogP contribution is 2.28. The molecule has 3 N–H and O–H groups in total. The fourth-order valence-corrected chi connectivity index (χ4v) is 2.98. The Bertz CT molecular complexity index is 248. The van der Waals surface area contributed by atoms with Crippen molar-refractivity contribution in [1.29, 1.82) is 0 Å². The van der Waals surface area contributed by atoms with Crippen LogP contribution in [0.3, 0.4) is 0 Å². The van der Waals surface area contributed by atoms with Crippen LogP contribution in [0.25, 0.3) is 0 Å². The van der Waals surface area contributed by atoms with Gasteiger partial charge in [0.05, 0.1) is 0 Å². The van der Waals surface area contributed by atoms with Crippen LogP contribution in [0.1, 0.15) is 51.9 Å². The van der Waals surface area contributed by atoms with Crippen LogP contribution in [0.15, 0.2) is 0 Å². The van der Waals surface area contributed by atoms with Crippen LogP contribution in [0, 0.1) is 11.8 Å². The smallest absolute Gasteiger partial charge is 0.223 e. The van der Waals surface area contributed by atoms with Gasteiger partial charge in [-0.1, -0.05) is 19.8 Å². The molecule has 92 valence electrons. The van der Waals surface area contributed by atoms with Crippen molar-refractivity contribution in [2.75, 3.05) is 0 Å². The number of hydrogen-bond donors (Lipinski definition) is 2. The average Bonchev–Trinajstić information content (AvgIpc) is 2.74. The highest BCUT2D eigenvalue weighted by molar-refractivity contribution is 5.79. The van der Waals surface area contributed by atoms with Crippen LogP contribution in [0.5, 0.6) is 0 Å². The van der Waals surface area contributed by atoms with Gasteiger partial charge in [-0.15, -0.1) is 0 Å². The van der Waals surface area contributed by atoms with E-state index in [0.717, 1.165) is 19.3 Å². The largest absolute Gasteiger partial charge is 0.353 e. The molecule has 0 spiro atoms. The number of hydrogen-bond acceptors (Lipinski definition) is 2. The lowest BCUT2D eigenvalue weighted by atomic mass is 9.79. The van der Waals surface area contributed by atoms with Gasteiger partial charge >= 0.3 is 0 Å². The molecule has 2 rings (SSSR count). The first-order valence-electron chi connectivity index (χ1n) is 6.72. The second-order valence-electron chi connectivity index (χ2n) is 5.64. The van der Waals surface area contributed by atoms with E-state index in [1.165, 1.54) is 25.7 Å². The molecule has 3 unspecified atom stereocenters. The van der Waals surface area contributed by atoms with Gasteiger partial charge in [-0.3, -0.25) is 4.79 Å². The molecule has 3 atom stereocenters. The molecule has 0 radical (unpaired) electrons. The van der Waals surface area contributed by atoms with Gasteiger partial charge in [-0.25, -0.2) is 0 Å². The van der Waals surface area contributed by atoms with Gasteiger partial charge in [0.2, 0.25) is 5.91 Å². The quantitative estimate of drug-likeness (QED) is 0.751. The van der Waals surface area contributed by atoms with Crippen molar-refractivity contribution in [1.82, 2.24) is 5.32 Å². The Kier molecular flexibility index (Phi) is 3.85. The maximum absolute atomic E-state index is 12.0. The van der Waals surface area contributed by atoms with Crippen LogP contribution in [0.4, 0.5) is 0 Å². The maximum atomic E-state index is 12.0. The standard InChI is InChI=1S/C13H24N2O/c1-9-6-7-10(8-12(9)14)13(16)15-11-4-2-3-5-11/h9-12H,2-8,14H2,1H3,(H,15,16). The summed E-state index contributed by atoms with van der Waals surface area (Å²) in [5, 5.41) is 3.19. The molecule has 3 nitrogen and oxygen atoms in total. The maximum Gasteiger partial charge on any atom is 0.223 e. The van der Waals surface area contributed by atoms with Gasteiger partial charge in [0, 0.05) is 18.0 Å². The third-order valence-electron chi connectivity index (χ3n) is 4.33. The summed E-state index contributed by atoms with van der Waals surface area (Å²) in [5.41, 5.74) is 6.03. The SMILES string of the molecule is CC1CCC(C(=O)NC2CCCC2)CC1N. The van der Waals surface area contributed by atoms with Gasteiger partial charge in [-0.05, 0) is 38.0 Å². The third kappa shape index (κ3) is 2.76. The number of rotatable bonds is 2. The molecule has 0 aliphatic heterocycles. The first-order chi connectivity index (χ1) is 7.66. The van der Waals surface area contributed by atoms with E-state index in [-0.39, 0.29) is 17.9 Å². The van der Waals surface area contributed by atoms with E-state index in [1.807, 2.05) is 0 Å². The molecule has 16 heavy (non-hydrogen) atoms. The highest BCUT2D eigenvalue weighted by atomic mass is 16.1. The predicted octanol–water partition coefficient (Wildman–Crippen LogP) is 1.81. The molecule has 2 aliphatic rings. The summed E-state index contributed by atoms with van der Waals surface area (Å²) >= 11 is 0. The fourth-order valence-electron chi connectivity index (χ4n) is 2.98. The van der Waals surface area contributed by atoms with Gasteiger partial charge in [0.25, 0.3) is 0 Å². The summed E-state index contributed by atoms with van der Waals surface area (Å²) in [5.74, 6) is 1.01. The van der Waals surface area contributed by atoms with Crippen LogP contribution in [-0.4, -0.2) is 18.0 Å². The lowest BCUT2D eigenvalue weighted by molar-refractivity contribution is -0.127. The van der Waals surface area contributed by atoms with Crippen LogP contribution >= 0.6 is 0 Å². The lowest BCUT2D eigenvalue weighted by Gasteiger charge is -2.31. The van der Waals surface area contributed by atoms with Crippen LogP contribution in [-0.2, 0) is 4.79 Å². The van der Waals surface area contributed by atoms with E-state index in [2.05, 4.69) is 12.2 Å². The minimum Gasteiger partial charge on any atom is -0.353 e. The number of nitrogens with two attached hydrogens (primary N) is 1. The molecule has 0 bridgehead atoms. The summed E-state index contributed by atoms with van der Waals surface area (Å²) in [7, 11) is 0. The Hall–Kier alpha value is -0.570. The molecule has 2 fully saturated rings. The molecular weight excluding hydrogens is 200 g/mol. The lowest BCUT2D eigenvalue weighted by Crippen LogP contribution is -2.43. The van der Waals surface area contributed by atoms with Crippen molar-refractivity contribution < 1.29 is 4.79 Å². The average molecular weight is 224 g/mol. The summed E-state index contributed by atoms with van der Waals surface area (Å²) < 4.78 is 0. The zero-order valence-corrected chi connectivity index (χ0v) is 10.2. The zero-order valence-electron chi connectivity index (χ0n) is 10.2. The Balaban J connectivity index is 1.80. The summed E-state index contributed by atoms with van der Waals surface area (Å²) in [6.45, 7) is 2.19. The molecule has 0 saturated heterocycles. The molecular formula is C13H24N2O. The topological polar surface area (TPSA) is 55.1 Å². The van der Waals surface area contributed by atoms with Gasteiger partial charge in [0.1, 0.15) is 0 Å². The summed E-state index contributed by atoms with van der Waals surface area (Å²) in [6, 6.07) is 0.663.